The average molecular weight is 874 g/mol. The topological polar surface area (TPSA) is 207 Å². The van der Waals surface area contributed by atoms with Gasteiger partial charge in [0.1, 0.15) is 45.4 Å². The number of rotatable bonds is 8. The highest BCUT2D eigenvalue weighted by atomic mass is 32.2. The largest absolute Gasteiger partial charge is 0.497 e. The standard InChI is InChI=1S/C43H51N7O9S2/c1-25(2)44-40-47-33(24-60-40)32-21-35(29-18-17-27(57-6)19-31(29)45-32)58-28-20-34(50(23-28)41(54)59-42(3,4)5)38(52)48-43-22-26(43)13-9-7-8-10-16-37(51)46-30-14-11-12-15-36(30)61(55,56)49-39(43)53/h9,11-15,17-19,21,24-26,28,34H,7-8,10,16,20,22-23H2,1-6H3,(H,44,47)(H,46,51)(H,48,52)(H,49,53)/b13-9+/t26?,28-,34+,43-/m1/s1. The number of hydrogen-bond donors (Lipinski definition) is 4. The molecule has 0 radical (unpaired) electrons. The number of carbonyl (C=O) groups excluding carboxylic acids is 4. The Morgan fingerprint density at radius 3 is 2.59 bits per heavy atom. The first kappa shape index (κ1) is 43.3. The lowest BCUT2D eigenvalue weighted by Gasteiger charge is -2.29. The van der Waals surface area contributed by atoms with Crippen molar-refractivity contribution in [2.75, 3.05) is 24.3 Å². The van der Waals surface area contributed by atoms with Gasteiger partial charge in [-0.05, 0) is 84.6 Å². The zero-order valence-corrected chi connectivity index (χ0v) is 36.6. The summed E-state index contributed by atoms with van der Waals surface area (Å²) in [5, 5.41) is 12.1. The Labute approximate surface area is 358 Å². The molecule has 61 heavy (non-hydrogen) atoms. The molecular formula is C43H51N7O9S2. The smallest absolute Gasteiger partial charge is 0.411 e. The molecule has 324 valence electrons. The highest BCUT2D eigenvalue weighted by Gasteiger charge is 2.62. The van der Waals surface area contributed by atoms with Gasteiger partial charge in [0, 0.05) is 47.7 Å². The van der Waals surface area contributed by atoms with Crippen molar-refractivity contribution in [3.8, 4) is 22.9 Å². The van der Waals surface area contributed by atoms with E-state index >= 15 is 0 Å². The van der Waals surface area contributed by atoms with Crippen molar-refractivity contribution in [1.82, 2.24) is 24.9 Å². The second-order valence-corrected chi connectivity index (χ2v) is 19.3. The van der Waals surface area contributed by atoms with E-state index in [1.807, 2.05) is 31.4 Å². The molecule has 18 heteroatoms. The highest BCUT2D eigenvalue weighted by Crippen LogP contribution is 2.46. The number of para-hydroxylation sites is 1. The fourth-order valence-corrected chi connectivity index (χ4v) is 9.50. The van der Waals surface area contributed by atoms with Crippen LogP contribution in [0.4, 0.5) is 15.6 Å². The Kier molecular flexibility index (Phi) is 12.3. The van der Waals surface area contributed by atoms with Gasteiger partial charge in [0.05, 0.1) is 30.6 Å². The lowest BCUT2D eigenvalue weighted by molar-refractivity contribution is -0.131. The van der Waals surface area contributed by atoms with Crippen molar-refractivity contribution >= 4 is 66.9 Å². The van der Waals surface area contributed by atoms with Crippen LogP contribution in [0.1, 0.15) is 73.1 Å². The lowest BCUT2D eigenvalue weighted by atomic mass is 10.1. The molecule has 2 aliphatic heterocycles. The molecule has 4 N–H and O–H groups in total. The average Bonchev–Trinajstić information content (AvgIpc) is 3.46. The number of carbonyl (C=O) groups is 4. The molecule has 16 nitrogen and oxygen atoms in total. The molecule has 3 aliphatic rings. The summed E-state index contributed by atoms with van der Waals surface area (Å²) in [7, 11) is -2.96. The third-order valence-corrected chi connectivity index (χ3v) is 12.6. The van der Waals surface area contributed by atoms with Crippen molar-refractivity contribution in [3.05, 3.63) is 66.1 Å². The number of sulfonamides is 1. The second-order valence-electron chi connectivity index (χ2n) is 16.8. The third kappa shape index (κ3) is 9.91. The predicted molar refractivity (Wildman–Crippen MR) is 231 cm³/mol. The van der Waals surface area contributed by atoms with Crippen LogP contribution in [-0.4, -0.2) is 90.1 Å². The number of amides is 4. The van der Waals surface area contributed by atoms with Crippen LogP contribution in [0.5, 0.6) is 11.5 Å². The molecule has 4 amide bonds. The van der Waals surface area contributed by atoms with Gasteiger partial charge >= 0.3 is 6.09 Å². The van der Waals surface area contributed by atoms with Crippen molar-refractivity contribution in [1.29, 1.82) is 0 Å². The minimum atomic E-state index is -4.52. The van der Waals surface area contributed by atoms with Crippen LogP contribution < -0.4 is 30.1 Å². The van der Waals surface area contributed by atoms with Crippen LogP contribution in [0, 0.1) is 5.92 Å². The molecule has 4 heterocycles. The van der Waals surface area contributed by atoms with E-state index in [4.69, 9.17) is 24.2 Å². The van der Waals surface area contributed by atoms with E-state index < -0.39 is 57.1 Å². The number of nitrogens with zero attached hydrogens (tertiary/aromatic N) is 3. The quantitative estimate of drug-likeness (QED) is 0.142. The summed E-state index contributed by atoms with van der Waals surface area (Å²) in [5.41, 5.74) is -0.768. The molecule has 4 atom stereocenters. The highest BCUT2D eigenvalue weighted by molar-refractivity contribution is 7.90. The maximum atomic E-state index is 14.5. The molecule has 1 aliphatic carbocycles. The van der Waals surface area contributed by atoms with E-state index in [9.17, 15) is 27.6 Å². The van der Waals surface area contributed by atoms with Crippen molar-refractivity contribution in [2.45, 2.75) is 107 Å². The first-order valence-corrected chi connectivity index (χ1v) is 22.6. The van der Waals surface area contributed by atoms with Crippen LogP contribution >= 0.6 is 11.3 Å². The summed E-state index contributed by atoms with van der Waals surface area (Å²) in [5.74, 6) is -1.48. The summed E-state index contributed by atoms with van der Waals surface area (Å²) in [6.07, 6.45) is 4.35. The van der Waals surface area contributed by atoms with Gasteiger partial charge < -0.3 is 30.2 Å². The maximum absolute atomic E-state index is 14.5. The number of likely N-dealkylation sites (tertiary alicyclic amines) is 1. The second kappa shape index (κ2) is 17.3. The number of aromatic nitrogens is 2. The molecule has 0 bridgehead atoms. The van der Waals surface area contributed by atoms with Gasteiger partial charge in [-0.3, -0.25) is 19.3 Å². The summed E-state index contributed by atoms with van der Waals surface area (Å²) < 4.78 is 47.6. The van der Waals surface area contributed by atoms with Gasteiger partial charge in [0.15, 0.2) is 5.13 Å². The van der Waals surface area contributed by atoms with E-state index in [0.29, 0.717) is 53.1 Å². The van der Waals surface area contributed by atoms with E-state index in [2.05, 4.69) is 20.7 Å². The maximum Gasteiger partial charge on any atom is 0.411 e. The Morgan fingerprint density at radius 2 is 1.84 bits per heavy atom. The lowest BCUT2D eigenvalue weighted by Crippen LogP contribution is -2.56. The van der Waals surface area contributed by atoms with Gasteiger partial charge in [-0.1, -0.05) is 24.3 Å². The van der Waals surface area contributed by atoms with Crippen LogP contribution in [0.3, 0.4) is 0 Å². The van der Waals surface area contributed by atoms with Crippen molar-refractivity contribution in [3.63, 3.8) is 0 Å². The molecule has 2 aromatic carbocycles. The minimum absolute atomic E-state index is 0.0170. The van der Waals surface area contributed by atoms with E-state index in [1.165, 1.54) is 34.4 Å². The fraction of sp³-hybridized carbons (Fsp3) is 0.442. The molecule has 4 aromatic rings. The number of allylic oxidation sites excluding steroid dienone is 1. The molecule has 0 spiro atoms. The van der Waals surface area contributed by atoms with Crippen molar-refractivity contribution in [2.24, 2.45) is 5.92 Å². The molecule has 2 fully saturated rings. The van der Waals surface area contributed by atoms with Crippen LogP contribution in [0.2, 0.25) is 0 Å². The number of ether oxygens (including phenoxy) is 3. The number of methoxy groups -OCH3 is 1. The Bertz CT molecular complexity index is 2480. The molecule has 1 saturated carbocycles. The number of thiazole rings is 1. The zero-order valence-electron chi connectivity index (χ0n) is 34.9. The minimum Gasteiger partial charge on any atom is -0.497 e. The normalized spacial score (nSPS) is 23.3. The first-order valence-electron chi connectivity index (χ1n) is 20.3. The molecule has 1 unspecified atom stereocenters. The Balaban J connectivity index is 1.19. The van der Waals surface area contributed by atoms with Gasteiger partial charge in [0.2, 0.25) is 11.8 Å². The number of fused-ring (bicyclic) bond motifs is 3. The zero-order chi connectivity index (χ0) is 43.7. The van der Waals surface area contributed by atoms with Gasteiger partial charge in [0.25, 0.3) is 15.9 Å². The molecular weight excluding hydrogens is 823 g/mol. The monoisotopic (exact) mass is 873 g/mol. The van der Waals surface area contributed by atoms with Gasteiger partial charge in [-0.2, -0.15) is 0 Å². The first-order chi connectivity index (χ1) is 28.9. The fourth-order valence-electron chi connectivity index (χ4n) is 7.45. The summed E-state index contributed by atoms with van der Waals surface area (Å²) in [6, 6.07) is 12.0. The van der Waals surface area contributed by atoms with Crippen LogP contribution in [0.25, 0.3) is 22.3 Å². The number of nitrogens with one attached hydrogen (secondary N) is 4. The Hall–Kier alpha value is -5.75. The summed E-state index contributed by atoms with van der Waals surface area (Å²) in [6.45, 7) is 9.16. The molecule has 7 rings (SSSR count). The van der Waals surface area contributed by atoms with Gasteiger partial charge in [-0.15, -0.1) is 11.3 Å². The number of anilines is 2. The number of hydrogen-bond acceptors (Lipinski definition) is 13. The van der Waals surface area contributed by atoms with Gasteiger partial charge in [-0.25, -0.2) is 27.9 Å². The molecule has 1 saturated heterocycles. The SMILES string of the molecule is COc1ccc2c(O[C@@H]3C[C@@H](C(=O)N[C@]45CC4/C=C/CCCCC(=O)Nc4ccccc4S(=O)(=O)NC5=O)N(C(=O)OC(C)(C)C)C3)cc(-c3csc(NC(C)C)n3)nc2c1. The van der Waals surface area contributed by atoms with Crippen molar-refractivity contribution < 1.29 is 41.8 Å². The summed E-state index contributed by atoms with van der Waals surface area (Å²) in [4.78, 5) is 65.8. The number of pyridine rings is 1. The van der Waals surface area contributed by atoms with E-state index in [1.54, 1.807) is 58.2 Å². The van der Waals surface area contributed by atoms with E-state index in [0.717, 1.165) is 5.13 Å². The predicted octanol–water partition coefficient (Wildman–Crippen LogP) is 6.39. The van der Waals surface area contributed by atoms with Crippen LogP contribution in [0.15, 0.2) is 71.0 Å². The third-order valence-electron chi connectivity index (χ3n) is 10.5. The molecule has 2 aromatic heterocycles. The Morgan fingerprint density at radius 1 is 1.05 bits per heavy atom. The number of benzene rings is 2. The van der Waals surface area contributed by atoms with Crippen LogP contribution in [-0.2, 0) is 29.1 Å². The van der Waals surface area contributed by atoms with E-state index in [-0.39, 0.29) is 48.3 Å². The summed E-state index contributed by atoms with van der Waals surface area (Å²) >= 11 is 1.45.